The van der Waals surface area contributed by atoms with Crippen molar-refractivity contribution in [3.63, 3.8) is 0 Å². The lowest BCUT2D eigenvalue weighted by atomic mass is 10.1. The van der Waals surface area contributed by atoms with Gasteiger partial charge in [0.25, 0.3) is 10.0 Å². The molecule has 3 aromatic rings. The summed E-state index contributed by atoms with van der Waals surface area (Å²) in [6, 6.07) is 13.3. The van der Waals surface area contributed by atoms with E-state index in [1.165, 1.54) is 12.1 Å². The van der Waals surface area contributed by atoms with Gasteiger partial charge in [-0.2, -0.15) is 0 Å². The number of rotatable bonds is 7. The van der Waals surface area contributed by atoms with Crippen molar-refractivity contribution in [3.05, 3.63) is 71.4 Å². The summed E-state index contributed by atoms with van der Waals surface area (Å²) in [4.78, 5) is 0.0593. The van der Waals surface area contributed by atoms with E-state index < -0.39 is 10.0 Å². The van der Waals surface area contributed by atoms with Gasteiger partial charge in [-0.3, -0.25) is 4.72 Å². The van der Waals surface area contributed by atoms with Crippen LogP contribution in [-0.2, 0) is 16.4 Å². The van der Waals surface area contributed by atoms with Crippen molar-refractivity contribution >= 4 is 21.4 Å². The smallest absolute Gasteiger partial charge is 0.267 e. The SMILES string of the molecule is Cc1noc(C)c1S(=O)(=O)Nc1ccc(NCCc2ccc(F)cc2)cc1. The monoisotopic (exact) mass is 389 g/mol. The third-order valence-electron chi connectivity index (χ3n) is 4.03. The van der Waals surface area contributed by atoms with Crippen LogP contribution in [0, 0.1) is 19.7 Å². The van der Waals surface area contributed by atoms with Gasteiger partial charge in [0.1, 0.15) is 11.5 Å². The van der Waals surface area contributed by atoms with Gasteiger partial charge in [-0.15, -0.1) is 0 Å². The van der Waals surface area contributed by atoms with Crippen LogP contribution in [0.4, 0.5) is 15.8 Å². The Labute approximate surface area is 157 Å². The molecule has 0 aliphatic rings. The van der Waals surface area contributed by atoms with E-state index in [1.54, 1.807) is 50.2 Å². The number of aromatic nitrogens is 1. The van der Waals surface area contributed by atoms with Gasteiger partial charge < -0.3 is 9.84 Å². The molecule has 6 nitrogen and oxygen atoms in total. The van der Waals surface area contributed by atoms with Crippen molar-refractivity contribution in [1.82, 2.24) is 5.16 Å². The van der Waals surface area contributed by atoms with Crippen LogP contribution in [-0.4, -0.2) is 20.1 Å². The molecule has 2 N–H and O–H groups in total. The second kappa shape index (κ2) is 7.79. The summed E-state index contributed by atoms with van der Waals surface area (Å²) >= 11 is 0. The third-order valence-corrected chi connectivity index (χ3v) is 5.65. The Hall–Kier alpha value is -2.87. The Bertz CT molecular complexity index is 994. The molecule has 1 heterocycles. The standard InChI is InChI=1S/C19H20FN3O3S/c1-13-19(14(2)26-22-13)27(24,25)23-18-9-7-17(8-10-18)21-12-11-15-3-5-16(20)6-4-15/h3-10,21,23H,11-12H2,1-2H3. The number of anilines is 2. The molecule has 0 aliphatic heterocycles. The Morgan fingerprint density at radius 1 is 1.00 bits per heavy atom. The van der Waals surface area contributed by atoms with Crippen LogP contribution in [0.1, 0.15) is 17.0 Å². The molecule has 0 atom stereocenters. The quantitative estimate of drug-likeness (QED) is 0.640. The topological polar surface area (TPSA) is 84.2 Å². The fourth-order valence-corrected chi connectivity index (χ4v) is 4.11. The molecule has 1 aromatic heterocycles. The van der Waals surface area contributed by atoms with Crippen molar-refractivity contribution in [2.24, 2.45) is 0 Å². The first-order valence-corrected chi connectivity index (χ1v) is 9.87. The number of aryl methyl sites for hydroxylation is 2. The number of hydrogen-bond acceptors (Lipinski definition) is 5. The van der Waals surface area contributed by atoms with Crippen molar-refractivity contribution in [1.29, 1.82) is 0 Å². The summed E-state index contributed by atoms with van der Waals surface area (Å²) in [7, 11) is -3.76. The maximum atomic E-state index is 12.9. The Balaban J connectivity index is 1.59. The molecule has 0 amide bonds. The fraction of sp³-hybridized carbons (Fsp3) is 0.211. The molecule has 3 rings (SSSR count). The van der Waals surface area contributed by atoms with Gasteiger partial charge >= 0.3 is 0 Å². The minimum atomic E-state index is -3.76. The van der Waals surface area contributed by atoms with Crippen molar-refractivity contribution in [2.45, 2.75) is 25.2 Å². The van der Waals surface area contributed by atoms with Gasteiger partial charge in [0.05, 0.1) is 0 Å². The van der Waals surface area contributed by atoms with Crippen LogP contribution in [0.25, 0.3) is 0 Å². The van der Waals surface area contributed by atoms with E-state index in [0.717, 1.165) is 17.7 Å². The highest BCUT2D eigenvalue weighted by molar-refractivity contribution is 7.92. The molecule has 0 spiro atoms. The highest BCUT2D eigenvalue weighted by Gasteiger charge is 2.24. The molecule has 0 unspecified atom stereocenters. The van der Waals surface area contributed by atoms with Crippen molar-refractivity contribution in [3.8, 4) is 0 Å². The van der Waals surface area contributed by atoms with E-state index in [0.29, 0.717) is 17.9 Å². The molecule has 0 bridgehead atoms. The minimum absolute atomic E-state index is 0.0593. The maximum Gasteiger partial charge on any atom is 0.267 e. The summed E-state index contributed by atoms with van der Waals surface area (Å²) in [6.07, 6.45) is 0.751. The normalized spacial score (nSPS) is 11.4. The zero-order valence-corrected chi connectivity index (χ0v) is 15.8. The average molecular weight is 389 g/mol. The van der Waals surface area contributed by atoms with E-state index in [9.17, 15) is 12.8 Å². The number of benzene rings is 2. The predicted octanol–water partition coefficient (Wildman–Crippen LogP) is 3.89. The van der Waals surface area contributed by atoms with E-state index in [-0.39, 0.29) is 16.5 Å². The Kier molecular flexibility index (Phi) is 5.46. The first-order chi connectivity index (χ1) is 12.8. The first kappa shape index (κ1) is 18.9. The summed E-state index contributed by atoms with van der Waals surface area (Å²) in [6.45, 7) is 3.82. The molecule has 0 saturated carbocycles. The van der Waals surface area contributed by atoms with Gasteiger partial charge in [-0.25, -0.2) is 12.8 Å². The lowest BCUT2D eigenvalue weighted by molar-refractivity contribution is 0.390. The summed E-state index contributed by atoms with van der Waals surface area (Å²) in [5.41, 5.74) is 2.66. The first-order valence-electron chi connectivity index (χ1n) is 8.39. The molecule has 8 heteroatoms. The van der Waals surface area contributed by atoms with Gasteiger partial charge in [-0.1, -0.05) is 17.3 Å². The van der Waals surface area contributed by atoms with Crippen LogP contribution in [0.15, 0.2) is 57.9 Å². The van der Waals surface area contributed by atoms with Gasteiger partial charge in [-0.05, 0) is 62.2 Å². The molecule has 0 radical (unpaired) electrons. The minimum Gasteiger partial charge on any atom is -0.385 e. The molecule has 142 valence electrons. The molecule has 0 fully saturated rings. The highest BCUT2D eigenvalue weighted by Crippen LogP contribution is 2.23. The summed E-state index contributed by atoms with van der Waals surface area (Å²) < 4.78 is 45.3. The second-order valence-electron chi connectivity index (χ2n) is 6.14. The van der Waals surface area contributed by atoms with Crippen molar-refractivity contribution < 1.29 is 17.3 Å². The second-order valence-corrected chi connectivity index (χ2v) is 7.76. The van der Waals surface area contributed by atoms with Crippen LogP contribution in [0.5, 0.6) is 0 Å². The zero-order chi connectivity index (χ0) is 19.4. The number of nitrogens with zero attached hydrogens (tertiary/aromatic N) is 1. The molecule has 0 saturated heterocycles. The van der Waals surface area contributed by atoms with E-state index in [4.69, 9.17) is 4.52 Å². The predicted molar refractivity (Wildman–Crippen MR) is 102 cm³/mol. The van der Waals surface area contributed by atoms with Gasteiger partial charge in [0.2, 0.25) is 0 Å². The number of sulfonamides is 1. The van der Waals surface area contributed by atoms with Crippen molar-refractivity contribution in [2.75, 3.05) is 16.6 Å². The van der Waals surface area contributed by atoms with Crippen LogP contribution < -0.4 is 10.0 Å². The lowest BCUT2D eigenvalue weighted by Gasteiger charge is -2.10. The number of halogens is 1. The van der Waals surface area contributed by atoms with E-state index in [1.807, 2.05) is 0 Å². The maximum absolute atomic E-state index is 12.9. The van der Waals surface area contributed by atoms with Gasteiger partial charge in [0.15, 0.2) is 10.7 Å². The average Bonchev–Trinajstić information content (AvgIpc) is 2.97. The molecular weight excluding hydrogens is 369 g/mol. The zero-order valence-electron chi connectivity index (χ0n) is 15.0. The fourth-order valence-electron chi connectivity index (χ4n) is 2.72. The van der Waals surface area contributed by atoms with Gasteiger partial charge in [0, 0.05) is 17.9 Å². The largest absolute Gasteiger partial charge is 0.385 e. The summed E-state index contributed by atoms with van der Waals surface area (Å²) in [5.74, 6) is 0.000388. The molecule has 0 aliphatic carbocycles. The van der Waals surface area contributed by atoms with Crippen LogP contribution >= 0.6 is 0 Å². The number of hydrogen-bond donors (Lipinski definition) is 2. The lowest BCUT2D eigenvalue weighted by Crippen LogP contribution is -2.14. The highest BCUT2D eigenvalue weighted by atomic mass is 32.2. The van der Waals surface area contributed by atoms with Crippen LogP contribution in [0.3, 0.4) is 0 Å². The summed E-state index contributed by atoms with van der Waals surface area (Å²) in [5, 5.41) is 6.92. The van der Waals surface area contributed by atoms with Crippen LogP contribution in [0.2, 0.25) is 0 Å². The third kappa shape index (κ3) is 4.65. The number of nitrogens with one attached hydrogen (secondary N) is 2. The van der Waals surface area contributed by atoms with E-state index in [2.05, 4.69) is 15.2 Å². The Morgan fingerprint density at radius 3 is 2.22 bits per heavy atom. The Morgan fingerprint density at radius 2 is 1.63 bits per heavy atom. The molecular formula is C19H20FN3O3S. The van der Waals surface area contributed by atoms with E-state index >= 15 is 0 Å². The molecule has 2 aromatic carbocycles. The molecule has 27 heavy (non-hydrogen) atoms.